The van der Waals surface area contributed by atoms with Gasteiger partial charge in [-0.15, -0.1) is 0 Å². The lowest BCUT2D eigenvalue weighted by atomic mass is 9.77. The summed E-state index contributed by atoms with van der Waals surface area (Å²) in [5.74, 6) is 1.86. The van der Waals surface area contributed by atoms with Crippen LogP contribution in [0, 0.1) is 5.92 Å². The van der Waals surface area contributed by atoms with Crippen LogP contribution < -0.4 is 24.0 Å². The van der Waals surface area contributed by atoms with Gasteiger partial charge < -0.3 is 24.0 Å². The van der Waals surface area contributed by atoms with E-state index in [2.05, 4.69) is 31.2 Å². The van der Waals surface area contributed by atoms with Gasteiger partial charge in [0.05, 0.1) is 6.16 Å². The molecule has 0 aliphatic heterocycles. The molecule has 1 fully saturated rings. The predicted molar refractivity (Wildman–Crippen MR) is 80.9 cm³/mol. The summed E-state index contributed by atoms with van der Waals surface area (Å²) in [6.07, 6.45) is 9.73. The highest BCUT2D eigenvalue weighted by Crippen LogP contribution is 2.37. The van der Waals surface area contributed by atoms with Gasteiger partial charge in [-0.3, -0.25) is 0 Å². The summed E-state index contributed by atoms with van der Waals surface area (Å²) in [6.45, 7) is 2.32. The summed E-state index contributed by atoms with van der Waals surface area (Å²) in [7, 11) is 2.04. The lowest BCUT2D eigenvalue weighted by Gasteiger charge is -2.28. The number of halogens is 1. The maximum atomic E-state index is 2.37. The maximum Gasteiger partial charge on any atom is 0.0774 e. The van der Waals surface area contributed by atoms with E-state index in [0.29, 0.717) is 0 Å². The van der Waals surface area contributed by atoms with Crippen LogP contribution in [0.1, 0.15) is 62.5 Å². The summed E-state index contributed by atoms with van der Waals surface area (Å²) < 4.78 is 0. The van der Waals surface area contributed by atoms with Crippen molar-refractivity contribution >= 4 is 9.24 Å². The first-order chi connectivity index (χ1) is 8.33. The smallest absolute Gasteiger partial charge is 0.0774 e. The monoisotopic (exact) mass is 376 g/mol. The van der Waals surface area contributed by atoms with Crippen LogP contribution in [0.2, 0.25) is 0 Å². The minimum atomic E-state index is 0. The molecule has 1 aliphatic rings. The van der Waals surface area contributed by atoms with Crippen LogP contribution in [0.15, 0.2) is 24.3 Å². The summed E-state index contributed by atoms with van der Waals surface area (Å²) >= 11 is 0. The Morgan fingerprint density at radius 2 is 1.67 bits per heavy atom. The largest absolute Gasteiger partial charge is 1.00 e. The molecule has 1 aliphatic carbocycles. The van der Waals surface area contributed by atoms with Crippen molar-refractivity contribution in [2.75, 3.05) is 0 Å². The SMILES string of the molecule is CCCC1CCC(c2ccc(C[PH3+])cc2)CC1.[I-]. The fourth-order valence-corrected chi connectivity index (χ4v) is 3.48. The Labute approximate surface area is 132 Å². The lowest BCUT2D eigenvalue weighted by Crippen LogP contribution is -3.00. The van der Waals surface area contributed by atoms with Gasteiger partial charge in [0.2, 0.25) is 0 Å². The Kier molecular flexibility index (Phi) is 7.79. The highest BCUT2D eigenvalue weighted by Gasteiger charge is 2.21. The van der Waals surface area contributed by atoms with Crippen LogP contribution in [-0.4, -0.2) is 0 Å². The number of rotatable bonds is 4. The molecule has 2 rings (SSSR count). The molecule has 0 aromatic heterocycles. The average molecular weight is 376 g/mol. The van der Waals surface area contributed by atoms with Gasteiger partial charge in [0.15, 0.2) is 0 Å². The first-order valence-electron chi connectivity index (χ1n) is 7.21. The molecule has 18 heavy (non-hydrogen) atoms. The Morgan fingerprint density at radius 1 is 1.06 bits per heavy atom. The highest BCUT2D eigenvalue weighted by atomic mass is 127. The summed E-state index contributed by atoms with van der Waals surface area (Å²) in [6, 6.07) is 9.38. The third kappa shape index (κ3) is 4.49. The molecular formula is C16H26IP. The number of benzene rings is 1. The molecule has 0 radical (unpaired) electrons. The van der Waals surface area contributed by atoms with E-state index in [9.17, 15) is 0 Å². The molecule has 0 amide bonds. The fraction of sp³-hybridized carbons (Fsp3) is 0.625. The second-order valence-electron chi connectivity index (χ2n) is 5.50. The van der Waals surface area contributed by atoms with E-state index in [0.717, 1.165) is 11.8 Å². The van der Waals surface area contributed by atoms with Crippen LogP contribution >= 0.6 is 9.24 Å². The second kappa shape index (κ2) is 8.53. The van der Waals surface area contributed by atoms with Crippen LogP contribution in [0.3, 0.4) is 0 Å². The zero-order valence-corrected chi connectivity index (χ0v) is 15.1. The number of hydrogen-bond donors (Lipinski definition) is 0. The zero-order valence-electron chi connectivity index (χ0n) is 11.5. The van der Waals surface area contributed by atoms with E-state index >= 15 is 0 Å². The molecule has 0 nitrogen and oxygen atoms in total. The molecule has 0 spiro atoms. The predicted octanol–water partition coefficient (Wildman–Crippen LogP) is 1.87. The van der Waals surface area contributed by atoms with E-state index in [1.165, 1.54) is 50.3 Å². The third-order valence-corrected chi connectivity index (χ3v) is 4.86. The standard InChI is InChI=1S/C16H25P.HI/c1-2-3-13-4-8-15(9-5-13)16-10-6-14(12-17)7-11-16;/h6-7,10-11,13,15H,2-5,8-9,12,17H2,1H3;1H. The molecule has 1 unspecified atom stereocenters. The average Bonchev–Trinajstić information content (AvgIpc) is 2.40. The molecule has 0 N–H and O–H groups in total. The molecule has 1 aromatic carbocycles. The van der Waals surface area contributed by atoms with Gasteiger partial charge in [-0.05, 0) is 57.9 Å². The summed E-state index contributed by atoms with van der Waals surface area (Å²) in [4.78, 5) is 0. The van der Waals surface area contributed by atoms with Gasteiger partial charge in [-0.2, -0.15) is 0 Å². The molecule has 1 atom stereocenters. The summed E-state index contributed by atoms with van der Waals surface area (Å²) in [5, 5.41) is 0. The van der Waals surface area contributed by atoms with Crippen molar-refractivity contribution in [3.63, 3.8) is 0 Å². The molecule has 2 heteroatoms. The summed E-state index contributed by atoms with van der Waals surface area (Å²) in [5.41, 5.74) is 3.06. The zero-order chi connectivity index (χ0) is 12.1. The van der Waals surface area contributed by atoms with Gasteiger partial charge in [-0.1, -0.05) is 44.0 Å². The van der Waals surface area contributed by atoms with Gasteiger partial charge >= 0.3 is 0 Å². The lowest BCUT2D eigenvalue weighted by molar-refractivity contribution is -0.00000355. The van der Waals surface area contributed by atoms with E-state index in [1.807, 2.05) is 9.24 Å². The van der Waals surface area contributed by atoms with Crippen molar-refractivity contribution in [1.29, 1.82) is 0 Å². The molecular weight excluding hydrogens is 350 g/mol. The maximum absolute atomic E-state index is 2.37. The first-order valence-corrected chi connectivity index (χ1v) is 8.21. The Hall–Kier alpha value is 0.380. The number of hydrogen-bond acceptors (Lipinski definition) is 0. The van der Waals surface area contributed by atoms with Crippen molar-refractivity contribution < 1.29 is 24.0 Å². The Morgan fingerprint density at radius 3 is 2.17 bits per heavy atom. The Bertz CT molecular complexity index is 325. The van der Waals surface area contributed by atoms with Crippen molar-refractivity contribution in [2.45, 2.75) is 57.5 Å². The van der Waals surface area contributed by atoms with Crippen LogP contribution in [0.25, 0.3) is 0 Å². The van der Waals surface area contributed by atoms with Gasteiger partial charge in [0.1, 0.15) is 0 Å². The van der Waals surface area contributed by atoms with E-state index < -0.39 is 0 Å². The van der Waals surface area contributed by atoms with E-state index in [-0.39, 0.29) is 24.0 Å². The van der Waals surface area contributed by atoms with Crippen molar-refractivity contribution in [3.8, 4) is 0 Å². The van der Waals surface area contributed by atoms with Gasteiger partial charge in [0, 0.05) is 0 Å². The Balaban J connectivity index is 0.00000162. The molecule has 0 saturated heterocycles. The first kappa shape index (κ1) is 16.4. The molecule has 1 aromatic rings. The highest BCUT2D eigenvalue weighted by molar-refractivity contribution is 7.15. The minimum absolute atomic E-state index is 0. The van der Waals surface area contributed by atoms with Crippen LogP contribution in [-0.2, 0) is 6.16 Å². The topological polar surface area (TPSA) is 0 Å². The van der Waals surface area contributed by atoms with Crippen molar-refractivity contribution in [2.24, 2.45) is 5.92 Å². The van der Waals surface area contributed by atoms with Gasteiger partial charge in [-0.25, -0.2) is 0 Å². The third-order valence-electron chi connectivity index (χ3n) is 4.28. The second-order valence-corrected chi connectivity index (χ2v) is 6.00. The molecule has 102 valence electrons. The van der Waals surface area contributed by atoms with E-state index in [1.54, 1.807) is 5.56 Å². The van der Waals surface area contributed by atoms with Crippen molar-refractivity contribution in [1.82, 2.24) is 0 Å². The van der Waals surface area contributed by atoms with Gasteiger partial charge in [0.25, 0.3) is 0 Å². The molecule has 0 bridgehead atoms. The van der Waals surface area contributed by atoms with Crippen LogP contribution in [0.5, 0.6) is 0 Å². The molecule has 1 saturated carbocycles. The molecule has 0 heterocycles. The quantitative estimate of drug-likeness (QED) is 0.556. The normalized spacial score (nSPS) is 23.6. The minimum Gasteiger partial charge on any atom is -1.00 e. The van der Waals surface area contributed by atoms with Crippen molar-refractivity contribution in [3.05, 3.63) is 35.4 Å². The van der Waals surface area contributed by atoms with E-state index in [4.69, 9.17) is 0 Å². The fourth-order valence-electron chi connectivity index (χ4n) is 3.15. The van der Waals surface area contributed by atoms with Crippen LogP contribution in [0.4, 0.5) is 0 Å².